The SMILES string of the molecule is CCCC[C@@H](c1nnnn1Cc1ccccc1)N1CCN(C2CCCC2)CC1. The van der Waals surface area contributed by atoms with Gasteiger partial charge in [0.05, 0.1) is 12.6 Å². The van der Waals surface area contributed by atoms with E-state index in [9.17, 15) is 0 Å². The van der Waals surface area contributed by atoms with Gasteiger partial charge in [-0.15, -0.1) is 5.10 Å². The van der Waals surface area contributed by atoms with Crippen LogP contribution in [0.5, 0.6) is 0 Å². The molecule has 1 aliphatic heterocycles. The van der Waals surface area contributed by atoms with Gasteiger partial charge in [0.1, 0.15) is 0 Å². The number of hydrogen-bond donors (Lipinski definition) is 0. The molecule has 2 aromatic rings. The first-order valence-corrected chi connectivity index (χ1v) is 11.1. The van der Waals surface area contributed by atoms with Crippen molar-refractivity contribution in [1.29, 1.82) is 0 Å². The smallest absolute Gasteiger partial charge is 0.168 e. The number of aromatic nitrogens is 4. The average molecular weight is 383 g/mol. The minimum absolute atomic E-state index is 0.324. The molecule has 0 unspecified atom stereocenters. The van der Waals surface area contributed by atoms with Crippen LogP contribution in [0.4, 0.5) is 0 Å². The van der Waals surface area contributed by atoms with Crippen LogP contribution in [0, 0.1) is 0 Å². The highest BCUT2D eigenvalue weighted by Gasteiger charge is 2.31. The zero-order valence-corrected chi connectivity index (χ0v) is 17.2. The van der Waals surface area contributed by atoms with Crippen molar-refractivity contribution in [3.63, 3.8) is 0 Å². The lowest BCUT2D eigenvalue weighted by Gasteiger charge is -2.41. The molecule has 0 amide bonds. The Labute approximate surface area is 168 Å². The maximum absolute atomic E-state index is 4.48. The molecule has 1 saturated carbocycles. The summed E-state index contributed by atoms with van der Waals surface area (Å²) >= 11 is 0. The molecule has 0 spiro atoms. The maximum atomic E-state index is 4.48. The highest BCUT2D eigenvalue weighted by atomic mass is 15.6. The molecule has 1 aromatic carbocycles. The second-order valence-electron chi connectivity index (χ2n) is 8.35. The molecule has 152 valence electrons. The van der Waals surface area contributed by atoms with Crippen molar-refractivity contribution in [3.8, 4) is 0 Å². The van der Waals surface area contributed by atoms with E-state index in [1.54, 1.807) is 0 Å². The molecule has 1 aliphatic carbocycles. The molecule has 1 aromatic heterocycles. The lowest BCUT2D eigenvalue weighted by atomic mass is 10.1. The van der Waals surface area contributed by atoms with Crippen molar-refractivity contribution in [2.24, 2.45) is 0 Å². The molecule has 2 aliphatic rings. The van der Waals surface area contributed by atoms with E-state index < -0.39 is 0 Å². The second-order valence-corrected chi connectivity index (χ2v) is 8.35. The molecule has 6 heteroatoms. The van der Waals surface area contributed by atoms with E-state index in [2.05, 4.69) is 62.6 Å². The average Bonchev–Trinajstić information content (AvgIpc) is 3.42. The van der Waals surface area contributed by atoms with Crippen molar-refractivity contribution in [2.75, 3.05) is 26.2 Å². The summed E-state index contributed by atoms with van der Waals surface area (Å²) in [5, 5.41) is 12.9. The number of hydrogen-bond acceptors (Lipinski definition) is 5. The molecular weight excluding hydrogens is 348 g/mol. The van der Waals surface area contributed by atoms with Crippen LogP contribution in [0.1, 0.15) is 69.3 Å². The van der Waals surface area contributed by atoms with E-state index in [4.69, 9.17) is 0 Å². The predicted octanol–water partition coefficient (Wildman–Crippen LogP) is 3.51. The lowest BCUT2D eigenvalue weighted by molar-refractivity contribution is 0.0622. The van der Waals surface area contributed by atoms with Crippen LogP contribution in [-0.2, 0) is 6.54 Å². The fourth-order valence-corrected chi connectivity index (χ4v) is 4.88. The summed E-state index contributed by atoms with van der Waals surface area (Å²) in [5.41, 5.74) is 1.25. The van der Waals surface area contributed by atoms with Crippen molar-refractivity contribution >= 4 is 0 Å². The summed E-state index contributed by atoms with van der Waals surface area (Å²) in [6.07, 6.45) is 9.18. The Balaban J connectivity index is 1.45. The van der Waals surface area contributed by atoms with Crippen molar-refractivity contribution in [3.05, 3.63) is 41.7 Å². The normalized spacial score (nSPS) is 20.6. The molecular formula is C22H34N6. The van der Waals surface area contributed by atoms with Crippen LogP contribution < -0.4 is 0 Å². The third-order valence-electron chi connectivity index (χ3n) is 6.49. The van der Waals surface area contributed by atoms with Crippen LogP contribution in [-0.4, -0.2) is 62.2 Å². The Hall–Kier alpha value is -1.79. The van der Waals surface area contributed by atoms with E-state index in [-0.39, 0.29) is 0 Å². The Morgan fingerprint density at radius 2 is 1.79 bits per heavy atom. The Bertz CT molecular complexity index is 701. The molecule has 0 N–H and O–H groups in total. The fraction of sp³-hybridized carbons (Fsp3) is 0.682. The maximum Gasteiger partial charge on any atom is 0.168 e. The molecule has 0 radical (unpaired) electrons. The van der Waals surface area contributed by atoms with Gasteiger partial charge in [0, 0.05) is 32.2 Å². The van der Waals surface area contributed by atoms with Crippen molar-refractivity contribution in [2.45, 2.75) is 70.5 Å². The van der Waals surface area contributed by atoms with Crippen molar-refractivity contribution in [1.82, 2.24) is 30.0 Å². The van der Waals surface area contributed by atoms with Gasteiger partial charge in [-0.25, -0.2) is 4.68 Å². The number of nitrogens with zero attached hydrogens (tertiary/aromatic N) is 6. The van der Waals surface area contributed by atoms with E-state index in [0.717, 1.165) is 37.9 Å². The molecule has 6 nitrogen and oxygen atoms in total. The number of piperazine rings is 1. The number of unbranched alkanes of at least 4 members (excludes halogenated alkanes) is 1. The lowest BCUT2D eigenvalue weighted by Crippen LogP contribution is -2.50. The van der Waals surface area contributed by atoms with E-state index in [1.165, 1.54) is 57.2 Å². The molecule has 1 atom stereocenters. The molecule has 1 saturated heterocycles. The highest BCUT2D eigenvalue weighted by Crippen LogP contribution is 2.29. The summed E-state index contributed by atoms with van der Waals surface area (Å²) in [4.78, 5) is 5.36. The van der Waals surface area contributed by atoms with Gasteiger partial charge in [-0.1, -0.05) is 62.9 Å². The topological polar surface area (TPSA) is 50.1 Å². The standard InChI is InChI=1S/C22H34N6/c1-2-3-13-21(27-16-14-26(15-17-27)20-11-7-8-12-20)22-23-24-25-28(22)18-19-9-5-4-6-10-19/h4-6,9-10,20-21H,2-3,7-8,11-18H2,1H3/t21-/m0/s1. The van der Waals surface area contributed by atoms with Gasteiger partial charge in [-0.2, -0.15) is 0 Å². The molecule has 0 bridgehead atoms. The first kappa shape index (κ1) is 19.5. The number of benzene rings is 1. The van der Waals surface area contributed by atoms with E-state index in [0.29, 0.717) is 6.04 Å². The van der Waals surface area contributed by atoms with Crippen LogP contribution in [0.15, 0.2) is 30.3 Å². The molecule has 4 rings (SSSR count). The van der Waals surface area contributed by atoms with Gasteiger partial charge >= 0.3 is 0 Å². The molecule has 28 heavy (non-hydrogen) atoms. The largest absolute Gasteiger partial charge is 0.298 e. The Kier molecular flexibility index (Phi) is 6.70. The highest BCUT2D eigenvalue weighted by molar-refractivity contribution is 5.15. The zero-order chi connectivity index (χ0) is 19.2. The van der Waals surface area contributed by atoms with Crippen molar-refractivity contribution < 1.29 is 0 Å². The first-order chi connectivity index (χ1) is 13.8. The summed E-state index contributed by atoms with van der Waals surface area (Å²) in [6, 6.07) is 11.7. The quantitative estimate of drug-likeness (QED) is 0.699. The molecule has 2 heterocycles. The molecule has 2 fully saturated rings. The van der Waals surface area contributed by atoms with Crippen LogP contribution in [0.2, 0.25) is 0 Å². The fourth-order valence-electron chi connectivity index (χ4n) is 4.88. The summed E-state index contributed by atoms with van der Waals surface area (Å²) in [6.45, 7) is 7.64. The van der Waals surface area contributed by atoms with Gasteiger partial charge in [0.2, 0.25) is 0 Å². The first-order valence-electron chi connectivity index (χ1n) is 11.1. The monoisotopic (exact) mass is 382 g/mol. The van der Waals surface area contributed by atoms with Gasteiger partial charge in [0.25, 0.3) is 0 Å². The van der Waals surface area contributed by atoms with Crippen LogP contribution in [0.3, 0.4) is 0 Å². The van der Waals surface area contributed by atoms with Gasteiger partial charge < -0.3 is 0 Å². The summed E-state index contributed by atoms with van der Waals surface area (Å²) in [7, 11) is 0. The minimum Gasteiger partial charge on any atom is -0.298 e. The van der Waals surface area contributed by atoms with Crippen LogP contribution in [0.25, 0.3) is 0 Å². The number of rotatable bonds is 8. The Morgan fingerprint density at radius 1 is 1.04 bits per heavy atom. The van der Waals surface area contributed by atoms with Crippen LogP contribution >= 0.6 is 0 Å². The van der Waals surface area contributed by atoms with E-state index >= 15 is 0 Å². The predicted molar refractivity (Wildman–Crippen MR) is 111 cm³/mol. The third-order valence-corrected chi connectivity index (χ3v) is 6.49. The second kappa shape index (κ2) is 9.61. The van der Waals surface area contributed by atoms with Gasteiger partial charge in [0.15, 0.2) is 5.82 Å². The zero-order valence-electron chi connectivity index (χ0n) is 17.2. The Morgan fingerprint density at radius 3 is 2.50 bits per heavy atom. The summed E-state index contributed by atoms with van der Waals surface area (Å²) < 4.78 is 2.01. The van der Waals surface area contributed by atoms with Gasteiger partial charge in [-0.05, 0) is 35.3 Å². The minimum atomic E-state index is 0.324. The summed E-state index contributed by atoms with van der Waals surface area (Å²) in [5.74, 6) is 1.03. The van der Waals surface area contributed by atoms with Gasteiger partial charge in [-0.3, -0.25) is 9.80 Å². The number of tetrazole rings is 1. The third kappa shape index (κ3) is 4.61. The van der Waals surface area contributed by atoms with E-state index in [1.807, 2.05) is 4.68 Å².